The number of carbonyl (C=O) groups is 9. The van der Waals surface area contributed by atoms with Gasteiger partial charge in [0.1, 0.15) is 36.6 Å². The van der Waals surface area contributed by atoms with Crippen LogP contribution in [0, 0.1) is 11.8 Å². The summed E-state index contributed by atoms with van der Waals surface area (Å²) in [5, 5.41) is 37.8. The van der Waals surface area contributed by atoms with E-state index in [2.05, 4.69) is 21.3 Å². The molecular formula is C43H74N4O16S. The molecule has 0 aliphatic carbocycles. The van der Waals surface area contributed by atoms with Crippen LogP contribution in [0.3, 0.4) is 0 Å². The quantitative estimate of drug-likeness (QED) is 0.0427. The van der Waals surface area contributed by atoms with Gasteiger partial charge < -0.3 is 55.5 Å². The van der Waals surface area contributed by atoms with E-state index >= 15 is 0 Å². The number of carboxylic acid groups (broad SMARTS) is 2. The van der Waals surface area contributed by atoms with Crippen molar-refractivity contribution in [3.63, 3.8) is 0 Å². The molecule has 0 heterocycles. The van der Waals surface area contributed by atoms with Gasteiger partial charge in [-0.05, 0) is 32.6 Å². The van der Waals surface area contributed by atoms with E-state index in [1.54, 1.807) is 6.92 Å². The van der Waals surface area contributed by atoms with Crippen molar-refractivity contribution < 1.29 is 77.4 Å². The average Bonchev–Trinajstić information content (AvgIpc) is 3.24. The smallest absolute Gasteiger partial charge is 0.326 e. The van der Waals surface area contributed by atoms with Crippen molar-refractivity contribution in [2.24, 2.45) is 11.8 Å². The van der Waals surface area contributed by atoms with Crippen LogP contribution in [0.25, 0.3) is 0 Å². The molecule has 0 aromatic rings. The number of hydrogen-bond acceptors (Lipinski definition) is 15. The molecule has 0 bridgehead atoms. The summed E-state index contributed by atoms with van der Waals surface area (Å²) in [6, 6.07) is -1.13. The first-order chi connectivity index (χ1) is 30.7. The van der Waals surface area contributed by atoms with Gasteiger partial charge in [0.15, 0.2) is 0 Å². The summed E-state index contributed by atoms with van der Waals surface area (Å²) in [5.41, 5.74) is 0. The van der Waals surface area contributed by atoms with Crippen LogP contribution in [-0.4, -0.2) is 165 Å². The molecule has 0 aromatic heterocycles. The summed E-state index contributed by atoms with van der Waals surface area (Å²) < 4.78 is 21.3. The Balaban J connectivity index is 3.72. The highest BCUT2D eigenvalue weighted by Crippen LogP contribution is 2.15. The number of aliphatic carboxylic acids is 2. The molecule has 0 saturated carbocycles. The van der Waals surface area contributed by atoms with Crippen LogP contribution in [0.15, 0.2) is 0 Å². The molecule has 64 heavy (non-hydrogen) atoms. The Hall–Kier alpha value is -4.02. The van der Waals surface area contributed by atoms with Crippen LogP contribution in [0.4, 0.5) is 0 Å². The Bertz CT molecular complexity index is 1390. The maximum atomic E-state index is 12.3. The minimum atomic E-state index is -1.19. The van der Waals surface area contributed by atoms with Gasteiger partial charge in [0.25, 0.3) is 0 Å². The van der Waals surface area contributed by atoms with Gasteiger partial charge in [-0.15, -0.1) is 0 Å². The number of ketones is 3. The highest BCUT2D eigenvalue weighted by Gasteiger charge is 2.22. The minimum absolute atomic E-state index is 0.00269. The molecule has 21 heteroatoms. The largest absolute Gasteiger partial charge is 0.481 e. The summed E-state index contributed by atoms with van der Waals surface area (Å²) in [7, 11) is 0. The van der Waals surface area contributed by atoms with E-state index in [1.807, 2.05) is 0 Å². The summed E-state index contributed by atoms with van der Waals surface area (Å²) in [6.45, 7) is 4.18. The van der Waals surface area contributed by atoms with Crippen molar-refractivity contribution in [3.05, 3.63) is 0 Å². The fourth-order valence-corrected chi connectivity index (χ4v) is 6.68. The molecule has 0 rings (SSSR count). The number of aliphatic hydroxyl groups is 1. The number of rotatable bonds is 45. The van der Waals surface area contributed by atoms with Crippen molar-refractivity contribution in [1.82, 2.24) is 21.3 Å². The highest BCUT2D eigenvalue weighted by atomic mass is 32.2. The predicted octanol–water partition coefficient (Wildman–Crippen LogP) is 1.61. The lowest BCUT2D eigenvalue weighted by atomic mass is 9.94. The number of ether oxygens (including phenoxy) is 4. The fraction of sp³-hybridized carbons (Fsp3) is 0.791. The van der Waals surface area contributed by atoms with E-state index in [1.165, 1.54) is 18.7 Å². The number of nitrogens with one attached hydrogen (secondary N) is 4. The van der Waals surface area contributed by atoms with Gasteiger partial charge in [0.05, 0.1) is 45.4 Å². The van der Waals surface area contributed by atoms with Crippen molar-refractivity contribution in [3.8, 4) is 0 Å². The van der Waals surface area contributed by atoms with E-state index in [4.69, 9.17) is 24.1 Å². The molecule has 0 aliphatic rings. The molecule has 4 amide bonds. The Labute approximate surface area is 381 Å². The number of unbranched alkanes of at least 4 members (excludes halogenated alkanes) is 7. The summed E-state index contributed by atoms with van der Waals surface area (Å²) in [4.78, 5) is 106. The van der Waals surface area contributed by atoms with Crippen LogP contribution in [-0.2, 0) is 62.1 Å². The SMILES string of the molecule is CC(=O)[C@H](CO)CC(=O)[C@@H](C)CSCC(=O)NCCNC(=O)COCCOCCNC(=O)COCCOCCCC(=O)CC[C@H](NC(=O)CCCCCCCCCCC(=O)O)C(=O)O. The van der Waals surface area contributed by atoms with Gasteiger partial charge in [-0.2, -0.15) is 11.8 Å². The summed E-state index contributed by atoms with van der Waals surface area (Å²) >= 11 is 1.28. The van der Waals surface area contributed by atoms with Crippen LogP contribution in [0.5, 0.6) is 0 Å². The van der Waals surface area contributed by atoms with Crippen LogP contribution in [0.2, 0.25) is 0 Å². The van der Waals surface area contributed by atoms with E-state index in [0.29, 0.717) is 25.0 Å². The van der Waals surface area contributed by atoms with E-state index in [9.17, 15) is 53.4 Å². The normalized spacial score (nSPS) is 12.4. The minimum Gasteiger partial charge on any atom is -0.481 e. The number of carboxylic acids is 2. The first-order valence-corrected chi connectivity index (χ1v) is 23.4. The first-order valence-electron chi connectivity index (χ1n) is 22.2. The number of Topliss-reactive ketones (excluding diaryl/α,β-unsaturated/α-hetero) is 3. The third-order valence-electron chi connectivity index (χ3n) is 9.58. The maximum absolute atomic E-state index is 12.3. The Morgan fingerprint density at radius 1 is 0.578 bits per heavy atom. The molecule has 0 aliphatic heterocycles. The highest BCUT2D eigenvalue weighted by molar-refractivity contribution is 7.99. The standard InChI is InChI=1S/C43H74N4O16S/c1-32(37(51)26-34(27-48)33(2)49)30-64-31-41(55)45-18-17-44-39(53)28-63-25-23-61-21-19-46-40(54)29-62-24-22-60-20-11-12-35(50)15-16-36(43(58)59)47-38(52)13-9-7-5-3-4-6-8-10-14-42(56)57/h32,34,36,48H,3-31H2,1-2H3,(H,44,53)(H,45,55)(H,46,54)(H,47,52)(H,56,57)(H,58,59)/t32-,34-,36-/m0/s1. The van der Waals surface area contributed by atoms with Crippen molar-refractivity contribution >= 4 is 64.7 Å². The van der Waals surface area contributed by atoms with Crippen LogP contribution < -0.4 is 21.3 Å². The Morgan fingerprint density at radius 2 is 1.11 bits per heavy atom. The second-order valence-electron chi connectivity index (χ2n) is 15.3. The number of hydrogen-bond donors (Lipinski definition) is 7. The van der Waals surface area contributed by atoms with Gasteiger partial charge >= 0.3 is 11.9 Å². The topological polar surface area (TPSA) is 299 Å². The zero-order valence-electron chi connectivity index (χ0n) is 37.8. The molecule has 0 fully saturated rings. The second-order valence-corrected chi connectivity index (χ2v) is 16.3. The molecule has 0 saturated heterocycles. The Morgan fingerprint density at radius 3 is 1.67 bits per heavy atom. The van der Waals surface area contributed by atoms with Crippen molar-refractivity contribution in [2.75, 3.05) is 90.6 Å². The van der Waals surface area contributed by atoms with Gasteiger partial charge in [-0.1, -0.05) is 45.4 Å². The van der Waals surface area contributed by atoms with Gasteiger partial charge in [-0.25, -0.2) is 4.79 Å². The van der Waals surface area contributed by atoms with Crippen molar-refractivity contribution in [2.45, 2.75) is 116 Å². The lowest BCUT2D eigenvalue weighted by Crippen LogP contribution is -2.41. The maximum Gasteiger partial charge on any atom is 0.326 e. The third kappa shape index (κ3) is 37.4. The van der Waals surface area contributed by atoms with Gasteiger partial charge in [0, 0.05) is 75.9 Å². The van der Waals surface area contributed by atoms with Gasteiger partial charge in [0.2, 0.25) is 23.6 Å². The second kappa shape index (κ2) is 40.5. The zero-order chi connectivity index (χ0) is 47.8. The van der Waals surface area contributed by atoms with E-state index in [0.717, 1.165) is 38.5 Å². The number of thioether (sulfide) groups is 1. The molecule has 3 atom stereocenters. The first kappa shape index (κ1) is 60.0. The third-order valence-corrected chi connectivity index (χ3v) is 10.8. The lowest BCUT2D eigenvalue weighted by Gasteiger charge is -2.14. The zero-order valence-corrected chi connectivity index (χ0v) is 38.6. The summed E-state index contributed by atoms with van der Waals surface area (Å²) in [5.74, 6) is -4.31. The van der Waals surface area contributed by atoms with Crippen LogP contribution >= 0.6 is 11.8 Å². The number of aliphatic hydroxyl groups excluding tert-OH is 1. The molecule has 368 valence electrons. The Kier molecular flexibility index (Phi) is 37.9. The molecule has 0 aromatic carbocycles. The molecule has 7 N–H and O–H groups in total. The number of amides is 4. The van der Waals surface area contributed by atoms with E-state index in [-0.39, 0.29) is 170 Å². The molecular weight excluding hydrogens is 861 g/mol. The lowest BCUT2D eigenvalue weighted by molar-refractivity contribution is -0.142. The van der Waals surface area contributed by atoms with Crippen LogP contribution in [0.1, 0.15) is 110 Å². The molecule has 0 unspecified atom stereocenters. The number of carbonyl (C=O) groups excluding carboxylic acids is 7. The fourth-order valence-electron chi connectivity index (χ4n) is 5.74. The molecule has 0 spiro atoms. The predicted molar refractivity (Wildman–Crippen MR) is 237 cm³/mol. The van der Waals surface area contributed by atoms with E-state index < -0.39 is 23.9 Å². The van der Waals surface area contributed by atoms with Gasteiger partial charge in [-0.3, -0.25) is 38.4 Å². The average molecular weight is 935 g/mol. The summed E-state index contributed by atoms with van der Waals surface area (Å²) in [6.07, 6.45) is 8.06. The molecule has 0 radical (unpaired) electrons. The monoisotopic (exact) mass is 934 g/mol. The van der Waals surface area contributed by atoms with Crippen molar-refractivity contribution in [1.29, 1.82) is 0 Å². The molecule has 20 nitrogen and oxygen atoms in total.